The lowest BCUT2D eigenvalue weighted by atomic mass is 10.3. The van der Waals surface area contributed by atoms with Crippen LogP contribution in [0.5, 0.6) is 0 Å². The van der Waals surface area contributed by atoms with E-state index in [4.69, 9.17) is 31.5 Å². The van der Waals surface area contributed by atoms with Crippen molar-refractivity contribution < 1.29 is 31.5 Å². The largest absolute Gasteiger partial charge is 0.631 e. The van der Waals surface area contributed by atoms with E-state index in [9.17, 15) is 0 Å². The third-order valence-electron chi connectivity index (χ3n) is 1.97. The summed E-state index contributed by atoms with van der Waals surface area (Å²) in [6.45, 7) is 16.6. The van der Waals surface area contributed by atoms with Crippen molar-refractivity contribution in [2.45, 2.75) is 52.4 Å². The van der Waals surface area contributed by atoms with Crippen LogP contribution in [0.1, 0.15) is 0 Å². The van der Waals surface area contributed by atoms with Gasteiger partial charge < -0.3 is 31.5 Å². The van der Waals surface area contributed by atoms with Gasteiger partial charge in [0.1, 0.15) is 0 Å². The van der Waals surface area contributed by atoms with E-state index in [1.165, 1.54) is 0 Å². The standard InChI is InChI=1S/C8H24O4Si4.BH3O3/c1-13(2)9-14(3,4)11-16(7,8)12-15(5,6)10-13;2-1(3)4/h1-8H3;2-4H. The molecule has 3 N–H and O–H groups in total. The highest BCUT2D eigenvalue weighted by Crippen LogP contribution is 2.30. The fourth-order valence-electron chi connectivity index (χ4n) is 2.45. The molecule has 1 rings (SSSR count). The first kappa shape index (κ1) is 20.7. The molecular formula is C8H27BO7Si4. The van der Waals surface area contributed by atoms with Gasteiger partial charge >= 0.3 is 41.6 Å². The van der Waals surface area contributed by atoms with Crippen molar-refractivity contribution >= 4 is 41.6 Å². The summed E-state index contributed by atoms with van der Waals surface area (Å²) in [6, 6.07) is 0. The topological polar surface area (TPSA) is 97.6 Å². The zero-order valence-corrected chi connectivity index (χ0v) is 17.6. The van der Waals surface area contributed by atoms with Gasteiger partial charge in [-0.3, -0.25) is 0 Å². The van der Waals surface area contributed by atoms with Crippen molar-refractivity contribution in [2.24, 2.45) is 0 Å². The summed E-state index contributed by atoms with van der Waals surface area (Å²) in [4.78, 5) is 0. The van der Waals surface area contributed by atoms with E-state index in [-0.39, 0.29) is 0 Å². The van der Waals surface area contributed by atoms with Gasteiger partial charge in [0.2, 0.25) is 0 Å². The minimum Gasteiger partial charge on any atom is -0.416 e. The maximum Gasteiger partial charge on any atom is 0.631 e. The summed E-state index contributed by atoms with van der Waals surface area (Å²) in [7, 11) is -10.6. The molecule has 0 spiro atoms. The molecule has 1 heterocycles. The number of rotatable bonds is 0. The SMILES string of the molecule is C[Si]1(C)O[Si](C)(C)O[Si](C)(C)O[Si](C)(C)O1.OB(O)O. The Balaban J connectivity index is 0.000000796. The molecule has 0 unspecified atom stereocenters. The third kappa shape index (κ3) is 9.56. The summed E-state index contributed by atoms with van der Waals surface area (Å²) < 4.78 is 24.6. The maximum atomic E-state index is 7.17. The lowest BCUT2D eigenvalue weighted by Crippen LogP contribution is -2.64. The minimum atomic E-state index is -2.17. The van der Waals surface area contributed by atoms with Crippen molar-refractivity contribution in [3.8, 4) is 0 Å². The van der Waals surface area contributed by atoms with E-state index < -0.39 is 41.6 Å². The predicted molar refractivity (Wildman–Crippen MR) is 86.7 cm³/mol. The molecule has 0 aliphatic carbocycles. The van der Waals surface area contributed by atoms with Crippen LogP contribution in [0, 0.1) is 0 Å². The lowest BCUT2D eigenvalue weighted by molar-refractivity contribution is 0.238. The van der Waals surface area contributed by atoms with Crippen LogP contribution < -0.4 is 0 Å². The summed E-state index contributed by atoms with van der Waals surface area (Å²) >= 11 is 0. The predicted octanol–water partition coefficient (Wildman–Crippen LogP) is 0.822. The second kappa shape index (κ2) is 6.82. The van der Waals surface area contributed by atoms with Gasteiger partial charge in [0.15, 0.2) is 0 Å². The molecule has 7 nitrogen and oxygen atoms in total. The van der Waals surface area contributed by atoms with E-state index in [0.29, 0.717) is 0 Å². The Bertz CT molecular complexity index is 249. The molecule has 0 bridgehead atoms. The third-order valence-corrected chi connectivity index (χ3v) is 17.7. The normalized spacial score (nSPS) is 26.6. The fourth-order valence-corrected chi connectivity index (χ4v) is 23.6. The molecule has 1 aliphatic rings. The van der Waals surface area contributed by atoms with Crippen LogP contribution in [0.15, 0.2) is 0 Å². The van der Waals surface area contributed by atoms with Gasteiger partial charge in [-0.05, 0) is 52.4 Å². The van der Waals surface area contributed by atoms with Crippen molar-refractivity contribution in [3.05, 3.63) is 0 Å². The van der Waals surface area contributed by atoms with E-state index in [0.717, 1.165) is 0 Å². The second-order valence-electron chi connectivity index (χ2n) is 6.35. The molecule has 0 radical (unpaired) electrons. The Hall–Kier alpha value is 0.652. The molecule has 0 aromatic carbocycles. The molecule has 120 valence electrons. The zero-order valence-electron chi connectivity index (χ0n) is 13.6. The van der Waals surface area contributed by atoms with Crippen molar-refractivity contribution in [1.29, 1.82) is 0 Å². The first-order valence-corrected chi connectivity index (χ1v) is 17.7. The van der Waals surface area contributed by atoms with Crippen LogP contribution in [0.2, 0.25) is 52.4 Å². The number of hydrogen-bond acceptors (Lipinski definition) is 7. The molecule has 0 aromatic heterocycles. The summed E-state index contributed by atoms with van der Waals surface area (Å²) in [6.07, 6.45) is 0. The highest BCUT2D eigenvalue weighted by molar-refractivity contribution is 6.92. The van der Waals surface area contributed by atoms with Crippen LogP contribution in [0.4, 0.5) is 0 Å². The van der Waals surface area contributed by atoms with E-state index in [1.807, 2.05) is 0 Å². The summed E-state index contributed by atoms with van der Waals surface area (Å²) in [5, 5.41) is 21.5. The maximum absolute atomic E-state index is 7.17. The molecular weight excluding hydrogens is 331 g/mol. The molecule has 1 aliphatic heterocycles. The Morgan fingerprint density at radius 3 is 0.700 bits per heavy atom. The zero-order chi connectivity index (χ0) is 16.4. The van der Waals surface area contributed by atoms with Crippen LogP contribution in [0.25, 0.3) is 0 Å². The van der Waals surface area contributed by atoms with Crippen molar-refractivity contribution in [3.63, 3.8) is 0 Å². The second-order valence-corrected chi connectivity index (χ2v) is 20.8. The molecule has 1 saturated heterocycles. The van der Waals surface area contributed by atoms with Crippen LogP contribution >= 0.6 is 0 Å². The van der Waals surface area contributed by atoms with Crippen LogP contribution in [-0.2, 0) is 16.5 Å². The van der Waals surface area contributed by atoms with E-state index >= 15 is 0 Å². The average Bonchev–Trinajstić information content (AvgIpc) is 1.86. The smallest absolute Gasteiger partial charge is 0.416 e. The van der Waals surface area contributed by atoms with Gasteiger partial charge in [0.25, 0.3) is 0 Å². The highest BCUT2D eigenvalue weighted by Gasteiger charge is 2.50. The molecule has 1 fully saturated rings. The van der Waals surface area contributed by atoms with Gasteiger partial charge in [-0.25, -0.2) is 0 Å². The molecule has 0 saturated carbocycles. The summed E-state index contributed by atoms with van der Waals surface area (Å²) in [5.41, 5.74) is 0. The Morgan fingerprint density at radius 1 is 0.500 bits per heavy atom. The highest BCUT2D eigenvalue weighted by atomic mass is 28.5. The first-order valence-electron chi connectivity index (χ1n) is 6.41. The quantitative estimate of drug-likeness (QED) is 0.552. The van der Waals surface area contributed by atoms with E-state index in [1.54, 1.807) is 0 Å². The fraction of sp³-hybridized carbons (Fsp3) is 1.00. The molecule has 0 atom stereocenters. The minimum absolute atomic E-state index is 2.07. The van der Waals surface area contributed by atoms with Crippen molar-refractivity contribution in [2.75, 3.05) is 0 Å². The molecule has 20 heavy (non-hydrogen) atoms. The average molecular weight is 358 g/mol. The molecule has 0 amide bonds. The molecule has 0 aromatic rings. The van der Waals surface area contributed by atoms with Crippen LogP contribution in [-0.4, -0.2) is 56.6 Å². The number of hydrogen-bond donors (Lipinski definition) is 3. The van der Waals surface area contributed by atoms with Gasteiger partial charge in [-0.15, -0.1) is 0 Å². The van der Waals surface area contributed by atoms with Crippen LogP contribution in [0.3, 0.4) is 0 Å². The van der Waals surface area contributed by atoms with Gasteiger partial charge in [-0.2, -0.15) is 0 Å². The van der Waals surface area contributed by atoms with Gasteiger partial charge in [-0.1, -0.05) is 0 Å². The molecule has 12 heteroatoms. The first-order chi connectivity index (χ1) is 8.56. The lowest BCUT2D eigenvalue weighted by Gasteiger charge is -2.46. The summed E-state index contributed by atoms with van der Waals surface area (Å²) in [5.74, 6) is 0. The van der Waals surface area contributed by atoms with Gasteiger partial charge in [0, 0.05) is 0 Å². The van der Waals surface area contributed by atoms with Crippen molar-refractivity contribution in [1.82, 2.24) is 0 Å². The Morgan fingerprint density at radius 2 is 0.600 bits per heavy atom. The Labute approximate surface area is 126 Å². The Kier molecular flexibility index (Phi) is 7.05. The van der Waals surface area contributed by atoms with Gasteiger partial charge in [0.05, 0.1) is 0 Å². The van der Waals surface area contributed by atoms with E-state index in [2.05, 4.69) is 52.4 Å². The monoisotopic (exact) mass is 358 g/mol.